The quantitative estimate of drug-likeness (QED) is 0.761. The first-order valence-corrected chi connectivity index (χ1v) is 9.57. The van der Waals surface area contributed by atoms with Crippen molar-refractivity contribution in [1.29, 1.82) is 0 Å². The summed E-state index contributed by atoms with van der Waals surface area (Å²) in [6.07, 6.45) is 7.56. The van der Waals surface area contributed by atoms with Crippen LogP contribution in [-0.2, 0) is 0 Å². The van der Waals surface area contributed by atoms with Crippen LogP contribution in [0.3, 0.4) is 0 Å². The van der Waals surface area contributed by atoms with E-state index in [1.54, 1.807) is 0 Å². The SMILES string of the molecule is c1ccc(C2=NN3[C@@H](C4CCCCC4)Oc4ccccc4[C@@H]3C2)cc1. The number of benzene rings is 2. The van der Waals surface area contributed by atoms with Crippen LogP contribution in [-0.4, -0.2) is 16.9 Å². The number of fused-ring (bicyclic) bond motifs is 3. The highest BCUT2D eigenvalue weighted by molar-refractivity contribution is 6.01. The molecule has 1 fully saturated rings. The van der Waals surface area contributed by atoms with E-state index < -0.39 is 0 Å². The molecular weight excluding hydrogens is 308 g/mol. The molecule has 2 heterocycles. The van der Waals surface area contributed by atoms with E-state index in [-0.39, 0.29) is 6.23 Å². The number of hydrogen-bond acceptors (Lipinski definition) is 3. The number of hydrogen-bond donors (Lipinski definition) is 0. The van der Waals surface area contributed by atoms with Crippen LogP contribution in [0, 0.1) is 5.92 Å². The van der Waals surface area contributed by atoms with Crippen molar-refractivity contribution in [2.75, 3.05) is 0 Å². The lowest BCUT2D eigenvalue weighted by Gasteiger charge is -2.42. The second-order valence-corrected chi connectivity index (χ2v) is 7.46. The molecule has 2 atom stereocenters. The van der Waals surface area contributed by atoms with Crippen LogP contribution >= 0.6 is 0 Å². The zero-order valence-corrected chi connectivity index (χ0v) is 14.5. The lowest BCUT2D eigenvalue weighted by Crippen LogP contribution is -2.45. The Hall–Kier alpha value is -2.29. The Bertz CT molecular complexity index is 780. The first kappa shape index (κ1) is 15.0. The normalized spacial score (nSPS) is 25.8. The van der Waals surface area contributed by atoms with Gasteiger partial charge in [0, 0.05) is 17.9 Å². The molecule has 2 aliphatic heterocycles. The fourth-order valence-corrected chi connectivity index (χ4v) is 4.60. The average Bonchev–Trinajstić information content (AvgIpc) is 3.14. The monoisotopic (exact) mass is 332 g/mol. The minimum absolute atomic E-state index is 0.0846. The van der Waals surface area contributed by atoms with Crippen molar-refractivity contribution in [1.82, 2.24) is 5.01 Å². The summed E-state index contributed by atoms with van der Waals surface area (Å²) in [6, 6.07) is 19.4. The van der Waals surface area contributed by atoms with Gasteiger partial charge in [-0.25, -0.2) is 5.01 Å². The molecule has 0 bridgehead atoms. The van der Waals surface area contributed by atoms with Gasteiger partial charge in [-0.2, -0.15) is 5.10 Å². The molecule has 3 heteroatoms. The van der Waals surface area contributed by atoms with Crippen molar-refractivity contribution in [3.05, 3.63) is 65.7 Å². The Balaban J connectivity index is 1.53. The predicted octanol–water partition coefficient (Wildman–Crippen LogP) is 5.14. The summed E-state index contributed by atoms with van der Waals surface area (Å²) < 4.78 is 6.49. The molecular formula is C22H24N2O. The molecule has 2 aromatic carbocycles. The number of hydrazone groups is 1. The Morgan fingerprint density at radius 1 is 0.880 bits per heavy atom. The van der Waals surface area contributed by atoms with Crippen molar-refractivity contribution < 1.29 is 4.74 Å². The molecule has 128 valence electrons. The zero-order valence-electron chi connectivity index (χ0n) is 14.5. The van der Waals surface area contributed by atoms with E-state index in [0.29, 0.717) is 12.0 Å². The van der Waals surface area contributed by atoms with Gasteiger partial charge in [0.15, 0.2) is 6.23 Å². The van der Waals surface area contributed by atoms with Gasteiger partial charge in [0.05, 0.1) is 11.8 Å². The molecule has 25 heavy (non-hydrogen) atoms. The van der Waals surface area contributed by atoms with Gasteiger partial charge >= 0.3 is 0 Å². The lowest BCUT2D eigenvalue weighted by atomic mass is 9.86. The van der Waals surface area contributed by atoms with Crippen LogP contribution in [0.15, 0.2) is 59.7 Å². The third-order valence-corrected chi connectivity index (χ3v) is 5.89. The Kier molecular flexibility index (Phi) is 3.73. The van der Waals surface area contributed by atoms with E-state index in [1.165, 1.54) is 48.9 Å². The van der Waals surface area contributed by atoms with Gasteiger partial charge < -0.3 is 4.74 Å². The van der Waals surface area contributed by atoms with Gasteiger partial charge in [-0.3, -0.25) is 0 Å². The van der Waals surface area contributed by atoms with Crippen molar-refractivity contribution in [3.63, 3.8) is 0 Å². The maximum atomic E-state index is 6.49. The average molecular weight is 332 g/mol. The molecule has 5 rings (SSSR count). The summed E-state index contributed by atoms with van der Waals surface area (Å²) in [5.74, 6) is 1.65. The fraction of sp³-hybridized carbons (Fsp3) is 0.409. The van der Waals surface area contributed by atoms with Gasteiger partial charge in [0.1, 0.15) is 5.75 Å². The summed E-state index contributed by atoms with van der Waals surface area (Å²) in [6.45, 7) is 0. The molecule has 0 N–H and O–H groups in total. The lowest BCUT2D eigenvalue weighted by molar-refractivity contribution is -0.0643. The Morgan fingerprint density at radius 2 is 1.64 bits per heavy atom. The van der Waals surface area contributed by atoms with E-state index in [4.69, 9.17) is 9.84 Å². The van der Waals surface area contributed by atoms with Crippen molar-refractivity contribution in [3.8, 4) is 5.75 Å². The molecule has 0 saturated heterocycles. The largest absolute Gasteiger partial charge is 0.468 e. The molecule has 0 unspecified atom stereocenters. The number of rotatable bonds is 2. The predicted molar refractivity (Wildman–Crippen MR) is 99.6 cm³/mol. The maximum Gasteiger partial charge on any atom is 0.190 e. The summed E-state index contributed by atoms with van der Waals surface area (Å²) in [5, 5.41) is 7.34. The van der Waals surface area contributed by atoms with Crippen molar-refractivity contribution in [2.45, 2.75) is 50.8 Å². The summed E-state index contributed by atoms with van der Waals surface area (Å²) in [4.78, 5) is 0. The zero-order chi connectivity index (χ0) is 16.6. The minimum Gasteiger partial charge on any atom is -0.468 e. The van der Waals surface area contributed by atoms with Crippen molar-refractivity contribution in [2.24, 2.45) is 11.0 Å². The molecule has 3 aliphatic rings. The highest BCUT2D eigenvalue weighted by Gasteiger charge is 2.43. The maximum absolute atomic E-state index is 6.49. The molecule has 0 spiro atoms. The van der Waals surface area contributed by atoms with Gasteiger partial charge in [0.25, 0.3) is 0 Å². The van der Waals surface area contributed by atoms with Crippen LogP contribution in [0.5, 0.6) is 5.75 Å². The first-order chi connectivity index (χ1) is 12.4. The van der Waals surface area contributed by atoms with E-state index in [0.717, 1.165) is 12.2 Å². The second-order valence-electron chi connectivity index (χ2n) is 7.46. The molecule has 1 saturated carbocycles. The molecule has 0 amide bonds. The van der Waals surface area contributed by atoms with Gasteiger partial charge in [-0.05, 0) is 24.5 Å². The summed E-state index contributed by atoms with van der Waals surface area (Å²) in [5.41, 5.74) is 3.70. The summed E-state index contributed by atoms with van der Waals surface area (Å²) >= 11 is 0. The minimum atomic E-state index is 0.0846. The number of para-hydroxylation sites is 1. The van der Waals surface area contributed by atoms with E-state index in [1.807, 2.05) is 0 Å². The van der Waals surface area contributed by atoms with Crippen LogP contribution in [0.2, 0.25) is 0 Å². The Labute approximate surface area is 149 Å². The molecule has 1 aliphatic carbocycles. The third kappa shape index (κ3) is 2.62. The van der Waals surface area contributed by atoms with Gasteiger partial charge in [0.2, 0.25) is 0 Å². The first-order valence-electron chi connectivity index (χ1n) is 9.57. The standard InChI is InChI=1S/C22H24N2O/c1-3-9-16(10-4-1)19-15-20-18-13-7-8-14-21(18)25-22(24(20)23-19)17-11-5-2-6-12-17/h1,3-4,7-10,13-14,17,20,22H,2,5-6,11-12,15H2/t20-,22+/m0/s1. The van der Waals surface area contributed by atoms with E-state index >= 15 is 0 Å². The fourth-order valence-electron chi connectivity index (χ4n) is 4.60. The smallest absolute Gasteiger partial charge is 0.190 e. The topological polar surface area (TPSA) is 24.8 Å². The van der Waals surface area contributed by atoms with Gasteiger partial charge in [-0.15, -0.1) is 0 Å². The number of ether oxygens (including phenoxy) is 1. The third-order valence-electron chi connectivity index (χ3n) is 5.89. The van der Waals surface area contributed by atoms with Crippen LogP contribution in [0.1, 0.15) is 55.7 Å². The van der Waals surface area contributed by atoms with E-state index in [2.05, 4.69) is 59.6 Å². The Morgan fingerprint density at radius 3 is 2.48 bits per heavy atom. The highest BCUT2D eigenvalue weighted by Crippen LogP contribution is 2.46. The van der Waals surface area contributed by atoms with Crippen LogP contribution in [0.25, 0.3) is 0 Å². The second kappa shape index (κ2) is 6.21. The van der Waals surface area contributed by atoms with Crippen molar-refractivity contribution >= 4 is 5.71 Å². The summed E-state index contributed by atoms with van der Waals surface area (Å²) in [7, 11) is 0. The molecule has 2 aromatic rings. The van der Waals surface area contributed by atoms with Crippen LogP contribution < -0.4 is 4.74 Å². The number of nitrogens with zero attached hydrogens (tertiary/aromatic N) is 2. The molecule has 0 radical (unpaired) electrons. The van der Waals surface area contributed by atoms with Crippen LogP contribution in [0.4, 0.5) is 0 Å². The highest BCUT2D eigenvalue weighted by atomic mass is 16.5. The van der Waals surface area contributed by atoms with Gasteiger partial charge in [-0.1, -0.05) is 67.8 Å². The molecule has 0 aromatic heterocycles. The molecule has 3 nitrogen and oxygen atoms in total. The van der Waals surface area contributed by atoms with E-state index in [9.17, 15) is 0 Å².